The fraction of sp³-hybridized carbons (Fsp3) is 0.636. The lowest BCUT2D eigenvalue weighted by Crippen LogP contribution is -2.53. The summed E-state index contributed by atoms with van der Waals surface area (Å²) in [5.41, 5.74) is 2.10. The topological polar surface area (TPSA) is 43.9 Å². The van der Waals surface area contributed by atoms with Crippen molar-refractivity contribution in [3.05, 3.63) is 35.4 Å². The van der Waals surface area contributed by atoms with Crippen LogP contribution in [0.3, 0.4) is 0 Å². The van der Waals surface area contributed by atoms with Crippen LogP contribution in [0.25, 0.3) is 0 Å². The summed E-state index contributed by atoms with van der Waals surface area (Å²) in [6.45, 7) is 12.1. The van der Waals surface area contributed by atoms with Gasteiger partial charge in [-0.15, -0.1) is 0 Å². The van der Waals surface area contributed by atoms with E-state index in [4.69, 9.17) is 0 Å². The highest BCUT2D eigenvalue weighted by Gasteiger charge is 2.34. The minimum atomic E-state index is -0.338. The minimum absolute atomic E-state index is 0.201. The van der Waals surface area contributed by atoms with Gasteiger partial charge in [-0.2, -0.15) is 0 Å². The Labute approximate surface area is 163 Å². The molecule has 1 saturated heterocycles. The molecule has 3 rings (SSSR count). The van der Waals surface area contributed by atoms with Gasteiger partial charge in [0, 0.05) is 44.2 Å². The number of nitrogens with zero attached hydrogens (tertiary/aromatic N) is 3. The lowest BCUT2D eigenvalue weighted by Gasteiger charge is -2.38. The second kappa shape index (κ2) is 8.01. The van der Waals surface area contributed by atoms with E-state index in [2.05, 4.69) is 41.0 Å². The minimum Gasteiger partial charge on any atom is -0.340 e. The third-order valence-corrected chi connectivity index (χ3v) is 5.44. The van der Waals surface area contributed by atoms with E-state index in [1.165, 1.54) is 11.1 Å². The van der Waals surface area contributed by atoms with E-state index in [0.29, 0.717) is 32.2 Å². The molecule has 1 heterocycles. The molecule has 0 atom stereocenters. The van der Waals surface area contributed by atoms with Crippen molar-refractivity contribution in [2.45, 2.75) is 53.1 Å². The molecule has 1 aromatic rings. The maximum Gasteiger partial charge on any atom is 0.237 e. The van der Waals surface area contributed by atoms with Crippen LogP contribution in [0.5, 0.6) is 0 Å². The number of hydrogen-bond acceptors (Lipinski definition) is 3. The van der Waals surface area contributed by atoms with E-state index in [-0.39, 0.29) is 17.2 Å². The quantitative estimate of drug-likeness (QED) is 0.799. The van der Waals surface area contributed by atoms with Crippen LogP contribution in [0.4, 0.5) is 0 Å². The average Bonchev–Trinajstić information content (AvgIpc) is 3.45. The highest BCUT2D eigenvalue weighted by molar-refractivity contribution is 5.82. The Kier molecular flexibility index (Phi) is 5.89. The summed E-state index contributed by atoms with van der Waals surface area (Å²) in [6, 6.07) is 8.86. The van der Waals surface area contributed by atoms with Crippen molar-refractivity contribution in [2.24, 2.45) is 5.41 Å². The second-order valence-electron chi connectivity index (χ2n) is 9.06. The fourth-order valence-electron chi connectivity index (χ4n) is 3.56. The molecular formula is C22H33N3O2. The molecule has 2 fully saturated rings. The van der Waals surface area contributed by atoms with Crippen molar-refractivity contribution in [3.8, 4) is 0 Å². The Hall–Kier alpha value is -1.88. The van der Waals surface area contributed by atoms with Crippen LogP contribution >= 0.6 is 0 Å². The van der Waals surface area contributed by atoms with Gasteiger partial charge in [0.2, 0.25) is 11.8 Å². The Morgan fingerprint density at radius 1 is 1.04 bits per heavy atom. The summed E-state index contributed by atoms with van der Waals surface area (Å²) in [6.07, 6.45) is 2.23. The summed E-state index contributed by atoms with van der Waals surface area (Å²) < 4.78 is 0. The standard InChI is InChI=1S/C22H33N3O2/c1-17-5-7-18(8-6-17)15-25(19-9-10-19)20(26)16-23-11-13-24(14-12-23)21(27)22(2,3)4/h5-8,19H,9-16H2,1-4H3. The van der Waals surface area contributed by atoms with Gasteiger partial charge in [-0.25, -0.2) is 0 Å². The van der Waals surface area contributed by atoms with Crippen molar-refractivity contribution < 1.29 is 9.59 Å². The maximum absolute atomic E-state index is 12.9. The van der Waals surface area contributed by atoms with Crippen LogP contribution in [-0.4, -0.2) is 65.3 Å². The SMILES string of the molecule is Cc1ccc(CN(C(=O)CN2CCN(C(=O)C(C)(C)C)CC2)C2CC2)cc1. The lowest BCUT2D eigenvalue weighted by molar-refractivity contribution is -0.142. The summed E-state index contributed by atoms with van der Waals surface area (Å²) in [4.78, 5) is 31.5. The molecule has 5 nitrogen and oxygen atoms in total. The van der Waals surface area contributed by atoms with E-state index in [1.54, 1.807) is 0 Å². The molecule has 0 unspecified atom stereocenters. The van der Waals surface area contributed by atoms with Gasteiger partial charge in [0.05, 0.1) is 6.54 Å². The van der Waals surface area contributed by atoms with Gasteiger partial charge in [-0.1, -0.05) is 50.6 Å². The van der Waals surface area contributed by atoms with Crippen LogP contribution in [0.1, 0.15) is 44.7 Å². The summed E-state index contributed by atoms with van der Waals surface area (Å²) in [5, 5.41) is 0. The molecule has 5 heteroatoms. The van der Waals surface area contributed by atoms with Crippen molar-refractivity contribution in [1.29, 1.82) is 0 Å². The van der Waals surface area contributed by atoms with Crippen LogP contribution in [-0.2, 0) is 16.1 Å². The number of benzene rings is 1. The zero-order valence-corrected chi connectivity index (χ0v) is 17.2. The molecule has 148 valence electrons. The first kappa shape index (κ1) is 19.9. The van der Waals surface area contributed by atoms with E-state index < -0.39 is 0 Å². The lowest BCUT2D eigenvalue weighted by atomic mass is 9.94. The summed E-state index contributed by atoms with van der Waals surface area (Å²) in [7, 11) is 0. The molecule has 0 spiro atoms. The number of piperazine rings is 1. The Balaban J connectivity index is 1.53. The van der Waals surface area contributed by atoms with Gasteiger partial charge in [0.1, 0.15) is 0 Å². The fourth-order valence-corrected chi connectivity index (χ4v) is 3.56. The first-order valence-corrected chi connectivity index (χ1v) is 10.1. The first-order chi connectivity index (χ1) is 12.7. The van der Waals surface area contributed by atoms with Crippen LogP contribution in [0, 0.1) is 12.3 Å². The van der Waals surface area contributed by atoms with Gasteiger partial charge in [-0.05, 0) is 25.3 Å². The monoisotopic (exact) mass is 371 g/mol. The summed E-state index contributed by atoms with van der Waals surface area (Å²) >= 11 is 0. The zero-order chi connectivity index (χ0) is 19.6. The predicted octanol–water partition coefficient (Wildman–Crippen LogP) is 2.68. The molecule has 0 aromatic heterocycles. The zero-order valence-electron chi connectivity index (χ0n) is 17.2. The van der Waals surface area contributed by atoms with Gasteiger partial charge in [0.15, 0.2) is 0 Å². The largest absolute Gasteiger partial charge is 0.340 e. The molecule has 0 radical (unpaired) electrons. The van der Waals surface area contributed by atoms with Crippen molar-refractivity contribution >= 4 is 11.8 Å². The number of amides is 2. The van der Waals surface area contributed by atoms with E-state index >= 15 is 0 Å². The van der Waals surface area contributed by atoms with Crippen molar-refractivity contribution in [3.63, 3.8) is 0 Å². The number of rotatable bonds is 5. The molecule has 1 aliphatic heterocycles. The molecule has 0 N–H and O–H groups in total. The molecule has 1 aromatic carbocycles. The van der Waals surface area contributed by atoms with E-state index in [1.807, 2.05) is 25.7 Å². The number of carbonyl (C=O) groups is 2. The molecule has 1 saturated carbocycles. The highest BCUT2D eigenvalue weighted by atomic mass is 16.2. The van der Waals surface area contributed by atoms with Crippen molar-refractivity contribution in [2.75, 3.05) is 32.7 Å². The third-order valence-electron chi connectivity index (χ3n) is 5.44. The van der Waals surface area contributed by atoms with Crippen LogP contribution in [0.15, 0.2) is 24.3 Å². The van der Waals surface area contributed by atoms with E-state index in [9.17, 15) is 9.59 Å². The van der Waals surface area contributed by atoms with Gasteiger partial charge >= 0.3 is 0 Å². The Morgan fingerprint density at radius 2 is 1.63 bits per heavy atom. The second-order valence-corrected chi connectivity index (χ2v) is 9.06. The average molecular weight is 372 g/mol. The number of hydrogen-bond donors (Lipinski definition) is 0. The third kappa shape index (κ3) is 5.32. The molecule has 27 heavy (non-hydrogen) atoms. The normalized spacial score (nSPS) is 18.4. The Bertz CT molecular complexity index is 666. The molecule has 1 aliphatic carbocycles. The molecular weight excluding hydrogens is 338 g/mol. The van der Waals surface area contributed by atoms with Crippen molar-refractivity contribution in [1.82, 2.24) is 14.7 Å². The molecule has 0 bridgehead atoms. The molecule has 2 amide bonds. The smallest absolute Gasteiger partial charge is 0.237 e. The maximum atomic E-state index is 12.9. The highest BCUT2D eigenvalue weighted by Crippen LogP contribution is 2.29. The van der Waals surface area contributed by atoms with E-state index in [0.717, 1.165) is 25.9 Å². The van der Waals surface area contributed by atoms with Gasteiger partial charge in [0.25, 0.3) is 0 Å². The van der Waals surface area contributed by atoms with Gasteiger partial charge < -0.3 is 9.80 Å². The van der Waals surface area contributed by atoms with Crippen LogP contribution < -0.4 is 0 Å². The van der Waals surface area contributed by atoms with Crippen LogP contribution in [0.2, 0.25) is 0 Å². The predicted molar refractivity (Wildman–Crippen MR) is 107 cm³/mol. The van der Waals surface area contributed by atoms with Gasteiger partial charge in [-0.3, -0.25) is 14.5 Å². The first-order valence-electron chi connectivity index (χ1n) is 10.1. The Morgan fingerprint density at radius 3 is 2.15 bits per heavy atom. The number of aryl methyl sites for hydroxylation is 1. The summed E-state index contributed by atoms with van der Waals surface area (Å²) in [5.74, 6) is 0.418. The molecule has 2 aliphatic rings. The number of carbonyl (C=O) groups excluding carboxylic acids is 2.